The van der Waals surface area contributed by atoms with E-state index in [1.807, 2.05) is 29.6 Å². The number of aromatic nitrogens is 1. The Balaban J connectivity index is 0.00000385. The molecule has 1 heterocycles. The normalized spacial score (nSPS) is 23.3. The second-order valence-corrected chi connectivity index (χ2v) is 11.1. The van der Waals surface area contributed by atoms with E-state index in [2.05, 4.69) is 25.0 Å². The number of halogens is 1. The van der Waals surface area contributed by atoms with Crippen LogP contribution in [-0.4, -0.2) is 40.5 Å². The summed E-state index contributed by atoms with van der Waals surface area (Å²) in [5.41, 5.74) is 0.939. The maximum absolute atomic E-state index is 10.2. The SMILES string of the molecule is CCCCOC1C[C@H](CCSc2n[c-]cs2)[C@@H](COc2ccc(C(O)CCC)cc2)C1Cl.[Y]. The first-order chi connectivity index (χ1) is 15.6. The first-order valence-electron chi connectivity index (χ1n) is 11.7. The molecule has 1 aromatic carbocycles. The van der Waals surface area contributed by atoms with Gasteiger partial charge >= 0.3 is 0 Å². The van der Waals surface area contributed by atoms with Gasteiger partial charge in [0.1, 0.15) is 5.75 Å². The van der Waals surface area contributed by atoms with Gasteiger partial charge in [-0.05, 0) is 59.4 Å². The summed E-state index contributed by atoms with van der Waals surface area (Å²) in [6.07, 6.45) is 8.54. The van der Waals surface area contributed by atoms with Gasteiger partial charge in [0.15, 0.2) is 0 Å². The molecule has 0 spiro atoms. The van der Waals surface area contributed by atoms with Gasteiger partial charge in [0.2, 0.25) is 0 Å². The molecule has 181 valence electrons. The van der Waals surface area contributed by atoms with Gasteiger partial charge in [-0.1, -0.05) is 44.2 Å². The van der Waals surface area contributed by atoms with Crippen LogP contribution in [0.5, 0.6) is 5.75 Å². The Morgan fingerprint density at radius 1 is 1.27 bits per heavy atom. The van der Waals surface area contributed by atoms with Gasteiger partial charge in [0, 0.05) is 45.2 Å². The summed E-state index contributed by atoms with van der Waals surface area (Å²) in [4.78, 5) is 4.25. The summed E-state index contributed by atoms with van der Waals surface area (Å²) in [6.45, 7) is 5.61. The Kier molecular flexibility index (Phi) is 14.4. The van der Waals surface area contributed by atoms with Crippen LogP contribution < -0.4 is 4.74 Å². The van der Waals surface area contributed by atoms with E-state index >= 15 is 0 Å². The second-order valence-electron chi connectivity index (χ2n) is 8.43. The summed E-state index contributed by atoms with van der Waals surface area (Å²) in [5, 5.41) is 12.0. The molecule has 1 aliphatic carbocycles. The van der Waals surface area contributed by atoms with Crippen LogP contribution >= 0.6 is 34.7 Å². The average molecular weight is 586 g/mol. The first kappa shape index (κ1) is 29.5. The fourth-order valence-electron chi connectivity index (χ4n) is 4.20. The molecule has 0 saturated heterocycles. The zero-order valence-corrected chi connectivity index (χ0v) is 24.8. The summed E-state index contributed by atoms with van der Waals surface area (Å²) in [6, 6.07) is 7.81. The Labute approximate surface area is 237 Å². The molecule has 1 aliphatic rings. The third-order valence-electron chi connectivity index (χ3n) is 6.09. The van der Waals surface area contributed by atoms with Crippen molar-refractivity contribution in [1.29, 1.82) is 0 Å². The summed E-state index contributed by atoms with van der Waals surface area (Å²) < 4.78 is 13.4. The molecule has 4 nitrogen and oxygen atoms in total. The molecule has 0 bridgehead atoms. The molecule has 1 fully saturated rings. The van der Waals surface area contributed by atoms with Crippen LogP contribution in [0.3, 0.4) is 0 Å². The van der Waals surface area contributed by atoms with Gasteiger partial charge in [0.05, 0.1) is 24.2 Å². The molecule has 3 unspecified atom stereocenters. The molecule has 0 amide bonds. The molecule has 1 radical (unpaired) electrons. The van der Waals surface area contributed by atoms with Gasteiger partial charge in [-0.2, -0.15) is 11.8 Å². The van der Waals surface area contributed by atoms with Crippen molar-refractivity contribution in [2.45, 2.75) is 74.3 Å². The second kappa shape index (κ2) is 16.1. The topological polar surface area (TPSA) is 51.6 Å². The van der Waals surface area contributed by atoms with Crippen LogP contribution in [0.15, 0.2) is 34.0 Å². The van der Waals surface area contributed by atoms with Gasteiger partial charge in [-0.15, -0.1) is 17.8 Å². The molecular formula is C25H35ClNO3S2Y-. The number of hydrogen-bond acceptors (Lipinski definition) is 6. The van der Waals surface area contributed by atoms with E-state index in [-0.39, 0.29) is 50.1 Å². The van der Waals surface area contributed by atoms with E-state index in [4.69, 9.17) is 21.1 Å². The molecule has 2 aromatic rings. The van der Waals surface area contributed by atoms with Crippen LogP contribution in [0.1, 0.15) is 64.0 Å². The van der Waals surface area contributed by atoms with E-state index in [0.717, 1.165) is 66.5 Å². The molecule has 8 heteroatoms. The molecule has 3 rings (SSSR count). The minimum Gasteiger partial charge on any atom is -0.493 e. The predicted molar refractivity (Wildman–Crippen MR) is 134 cm³/mol. The molecule has 1 saturated carbocycles. The van der Waals surface area contributed by atoms with E-state index in [1.54, 1.807) is 23.1 Å². The number of alkyl halides is 1. The number of unbranched alkanes of at least 4 members (excludes halogenated alkanes) is 1. The zero-order chi connectivity index (χ0) is 22.8. The number of rotatable bonds is 14. The summed E-state index contributed by atoms with van der Waals surface area (Å²) in [7, 11) is 0. The number of aliphatic hydroxyl groups excluding tert-OH is 1. The Morgan fingerprint density at radius 3 is 2.73 bits per heavy atom. The molecule has 1 aromatic heterocycles. The van der Waals surface area contributed by atoms with Gasteiger partial charge in [-0.25, -0.2) is 11.3 Å². The van der Waals surface area contributed by atoms with Crippen molar-refractivity contribution in [2.24, 2.45) is 11.8 Å². The number of hydrogen-bond donors (Lipinski definition) is 1. The van der Waals surface area contributed by atoms with Crippen molar-refractivity contribution in [3.05, 3.63) is 41.4 Å². The number of thiazole rings is 1. The minimum atomic E-state index is -0.408. The van der Waals surface area contributed by atoms with Crippen LogP contribution in [-0.2, 0) is 37.4 Å². The van der Waals surface area contributed by atoms with Crippen LogP contribution in [0.2, 0.25) is 0 Å². The zero-order valence-electron chi connectivity index (χ0n) is 19.6. The molecule has 5 atom stereocenters. The largest absolute Gasteiger partial charge is 0.493 e. The number of thioether (sulfide) groups is 1. The maximum Gasteiger partial charge on any atom is 0.119 e. The van der Waals surface area contributed by atoms with Crippen molar-refractivity contribution < 1.29 is 47.3 Å². The fraction of sp³-hybridized carbons (Fsp3) is 0.640. The van der Waals surface area contributed by atoms with Crippen LogP contribution in [0.4, 0.5) is 0 Å². The summed E-state index contributed by atoms with van der Waals surface area (Å²) >= 11 is 10.3. The Hall–Kier alpha value is 0.314. The van der Waals surface area contributed by atoms with Gasteiger partial charge in [0.25, 0.3) is 0 Å². The van der Waals surface area contributed by atoms with Crippen molar-refractivity contribution in [1.82, 2.24) is 4.98 Å². The van der Waals surface area contributed by atoms with Crippen molar-refractivity contribution in [3.8, 4) is 5.75 Å². The van der Waals surface area contributed by atoms with E-state index < -0.39 is 6.10 Å². The smallest absolute Gasteiger partial charge is 0.119 e. The first-order valence-corrected chi connectivity index (χ1v) is 14.0. The monoisotopic (exact) mass is 585 g/mol. The predicted octanol–water partition coefficient (Wildman–Crippen LogP) is 6.76. The third-order valence-corrected chi connectivity index (χ3v) is 8.63. The number of ether oxygens (including phenoxy) is 2. The standard InChI is InChI=1S/C25H35ClNO3S2.Y/c1-3-5-13-29-23-16-19(11-14-31-25-27-12-15-32-25)21(24(23)26)17-30-20-9-7-18(8-10-20)22(28)6-4-2;/h7-10,15,19,21-24,28H,3-6,11,13-14,16-17H2,1-2H3;/q-1;/t19-,21+,22?,23?,24?;/m0./s1. The van der Waals surface area contributed by atoms with Crippen LogP contribution in [0, 0.1) is 18.0 Å². The quantitative estimate of drug-likeness (QED) is 0.115. The molecule has 33 heavy (non-hydrogen) atoms. The van der Waals surface area contributed by atoms with Crippen LogP contribution in [0.25, 0.3) is 0 Å². The van der Waals surface area contributed by atoms with E-state index in [1.165, 1.54) is 0 Å². The third kappa shape index (κ3) is 9.36. The van der Waals surface area contributed by atoms with E-state index in [0.29, 0.717) is 12.5 Å². The minimum absolute atomic E-state index is 0. The Morgan fingerprint density at radius 2 is 2.06 bits per heavy atom. The molecule has 1 N–H and O–H groups in total. The number of aliphatic hydroxyl groups is 1. The molecule has 0 aliphatic heterocycles. The number of benzene rings is 1. The maximum atomic E-state index is 10.2. The molecular weight excluding hydrogens is 551 g/mol. The van der Waals surface area contributed by atoms with Gasteiger partial charge in [-0.3, -0.25) is 0 Å². The van der Waals surface area contributed by atoms with Gasteiger partial charge < -0.3 is 19.6 Å². The van der Waals surface area contributed by atoms with Crippen molar-refractivity contribution in [2.75, 3.05) is 19.0 Å². The van der Waals surface area contributed by atoms with E-state index in [9.17, 15) is 5.11 Å². The average Bonchev–Trinajstić information content (AvgIpc) is 3.42. The van der Waals surface area contributed by atoms with Crippen molar-refractivity contribution in [3.63, 3.8) is 0 Å². The Bertz CT molecular complexity index is 766. The number of nitrogens with zero attached hydrogens (tertiary/aromatic N) is 1. The van der Waals surface area contributed by atoms with Crippen molar-refractivity contribution >= 4 is 34.7 Å². The fourth-order valence-corrected chi connectivity index (χ4v) is 6.35. The summed E-state index contributed by atoms with van der Waals surface area (Å²) in [5.74, 6) is 2.55.